The molecule has 1 atom stereocenters. The fraction of sp³-hybridized carbons (Fsp3) is 0.778. The fourth-order valence-corrected chi connectivity index (χ4v) is 0.828. The van der Waals surface area contributed by atoms with Crippen LogP contribution < -0.4 is 0 Å². The first kappa shape index (κ1) is 12.7. The van der Waals surface area contributed by atoms with Gasteiger partial charge in [-0.1, -0.05) is 13.8 Å². The molecule has 0 bridgehead atoms. The van der Waals surface area contributed by atoms with E-state index in [1.165, 1.54) is 7.11 Å². The van der Waals surface area contributed by atoms with Crippen molar-refractivity contribution < 1.29 is 23.8 Å². The molecule has 0 fully saturated rings. The lowest BCUT2D eigenvalue weighted by molar-refractivity contribution is -0.154. The molecular formula is C9H16O5. The summed E-state index contributed by atoms with van der Waals surface area (Å²) in [5.74, 6) is -0.722. The Labute approximate surface area is 83.3 Å². The van der Waals surface area contributed by atoms with Gasteiger partial charge in [-0.3, -0.25) is 0 Å². The van der Waals surface area contributed by atoms with Gasteiger partial charge in [0.15, 0.2) is 0 Å². The molecule has 0 aromatic carbocycles. The van der Waals surface area contributed by atoms with E-state index in [0.29, 0.717) is 0 Å². The Balaban J connectivity index is 4.23. The average Bonchev–Trinajstić information content (AvgIpc) is 2.13. The first-order valence-electron chi connectivity index (χ1n) is 4.44. The first-order chi connectivity index (χ1) is 6.52. The summed E-state index contributed by atoms with van der Waals surface area (Å²) >= 11 is 0. The number of carbonyl (C=O) groups excluding carboxylic acids is 2. The molecule has 0 heterocycles. The second kappa shape index (κ2) is 6.23. The molecule has 82 valence electrons. The van der Waals surface area contributed by atoms with E-state index in [4.69, 9.17) is 4.74 Å². The molecule has 0 amide bonds. The van der Waals surface area contributed by atoms with E-state index in [9.17, 15) is 9.59 Å². The van der Waals surface area contributed by atoms with E-state index >= 15 is 0 Å². The number of carbonyl (C=O) groups is 2. The van der Waals surface area contributed by atoms with Crippen LogP contribution >= 0.6 is 0 Å². The zero-order valence-electron chi connectivity index (χ0n) is 8.90. The Kier molecular flexibility index (Phi) is 5.67. The summed E-state index contributed by atoms with van der Waals surface area (Å²) in [4.78, 5) is 22.1. The van der Waals surface area contributed by atoms with E-state index in [0.717, 1.165) is 0 Å². The van der Waals surface area contributed by atoms with Crippen LogP contribution in [0.2, 0.25) is 0 Å². The number of ether oxygens (including phenoxy) is 3. The maximum Gasteiger partial charge on any atom is 0.509 e. The molecule has 0 spiro atoms. The third kappa shape index (κ3) is 4.11. The van der Waals surface area contributed by atoms with Crippen molar-refractivity contribution in [3.05, 3.63) is 0 Å². The van der Waals surface area contributed by atoms with Crippen LogP contribution in [0.3, 0.4) is 0 Å². The molecule has 0 aromatic heterocycles. The Morgan fingerprint density at radius 1 is 1.29 bits per heavy atom. The van der Waals surface area contributed by atoms with Crippen molar-refractivity contribution in [3.63, 3.8) is 0 Å². The van der Waals surface area contributed by atoms with Gasteiger partial charge in [-0.25, -0.2) is 9.59 Å². The van der Waals surface area contributed by atoms with Crippen molar-refractivity contribution in [1.82, 2.24) is 0 Å². The molecule has 0 aromatic rings. The van der Waals surface area contributed by atoms with Gasteiger partial charge < -0.3 is 14.2 Å². The predicted octanol–water partition coefficient (Wildman–Crippen LogP) is 1.36. The van der Waals surface area contributed by atoms with E-state index in [1.54, 1.807) is 20.8 Å². The maximum absolute atomic E-state index is 11.1. The average molecular weight is 204 g/mol. The van der Waals surface area contributed by atoms with Crippen LogP contribution in [0.15, 0.2) is 0 Å². The molecule has 0 aliphatic carbocycles. The first-order valence-corrected chi connectivity index (χ1v) is 4.44. The van der Waals surface area contributed by atoms with Gasteiger partial charge in [-0.05, 0) is 6.92 Å². The molecule has 5 nitrogen and oxygen atoms in total. The van der Waals surface area contributed by atoms with Crippen molar-refractivity contribution in [2.45, 2.75) is 26.9 Å². The highest BCUT2D eigenvalue weighted by atomic mass is 16.7. The van der Waals surface area contributed by atoms with Crippen molar-refractivity contribution in [1.29, 1.82) is 0 Å². The molecule has 1 unspecified atom stereocenters. The van der Waals surface area contributed by atoms with E-state index in [1.807, 2.05) is 0 Å². The van der Waals surface area contributed by atoms with Gasteiger partial charge in [-0.15, -0.1) is 0 Å². The van der Waals surface area contributed by atoms with E-state index in [2.05, 4.69) is 9.47 Å². The normalized spacial score (nSPS) is 12.1. The van der Waals surface area contributed by atoms with Gasteiger partial charge in [0.05, 0.1) is 13.7 Å². The second-order valence-electron chi connectivity index (χ2n) is 2.99. The van der Waals surface area contributed by atoms with Gasteiger partial charge in [0.2, 0.25) is 6.10 Å². The number of esters is 1. The number of hydrogen-bond acceptors (Lipinski definition) is 5. The predicted molar refractivity (Wildman–Crippen MR) is 48.7 cm³/mol. The van der Waals surface area contributed by atoms with Crippen LogP contribution in [0.4, 0.5) is 4.79 Å². The monoisotopic (exact) mass is 204 g/mol. The SMILES string of the molecule is CCOC(=O)OC(C(=O)OC)C(C)C. The summed E-state index contributed by atoms with van der Waals surface area (Å²) < 4.78 is 13.8. The van der Waals surface area contributed by atoms with E-state index < -0.39 is 18.2 Å². The Morgan fingerprint density at radius 2 is 1.86 bits per heavy atom. The zero-order valence-corrected chi connectivity index (χ0v) is 8.90. The highest BCUT2D eigenvalue weighted by Crippen LogP contribution is 2.09. The lowest BCUT2D eigenvalue weighted by atomic mass is 10.1. The second-order valence-corrected chi connectivity index (χ2v) is 2.99. The smallest absolute Gasteiger partial charge is 0.466 e. The van der Waals surface area contributed by atoms with Crippen LogP contribution in [0.5, 0.6) is 0 Å². The van der Waals surface area contributed by atoms with Crippen LogP contribution in [0, 0.1) is 5.92 Å². The molecule has 0 aliphatic rings. The third-order valence-corrected chi connectivity index (χ3v) is 1.52. The molecule has 0 radical (unpaired) electrons. The lowest BCUT2D eigenvalue weighted by Gasteiger charge is -2.17. The fourth-order valence-electron chi connectivity index (χ4n) is 0.828. The number of hydrogen-bond donors (Lipinski definition) is 0. The summed E-state index contributed by atoms with van der Waals surface area (Å²) in [5, 5.41) is 0. The van der Waals surface area contributed by atoms with Crippen LogP contribution in [-0.2, 0) is 19.0 Å². The maximum atomic E-state index is 11.1. The molecule has 0 saturated carbocycles. The number of rotatable bonds is 4. The summed E-state index contributed by atoms with van der Waals surface area (Å²) in [5.41, 5.74) is 0. The van der Waals surface area contributed by atoms with Gasteiger partial charge in [-0.2, -0.15) is 0 Å². The van der Waals surface area contributed by atoms with Crippen LogP contribution in [-0.4, -0.2) is 31.9 Å². The summed E-state index contributed by atoms with van der Waals surface area (Å²) in [6.45, 7) is 5.37. The van der Waals surface area contributed by atoms with Crippen molar-refractivity contribution in [2.24, 2.45) is 5.92 Å². The minimum Gasteiger partial charge on any atom is -0.466 e. The minimum absolute atomic E-state index is 0.146. The standard InChI is InChI=1S/C9H16O5/c1-5-13-9(11)14-7(6(2)3)8(10)12-4/h6-7H,5H2,1-4H3. The largest absolute Gasteiger partial charge is 0.509 e. The molecule has 14 heavy (non-hydrogen) atoms. The molecule has 0 aliphatic heterocycles. The van der Waals surface area contributed by atoms with Gasteiger partial charge in [0.25, 0.3) is 0 Å². The third-order valence-electron chi connectivity index (χ3n) is 1.52. The number of methoxy groups -OCH3 is 1. The van der Waals surface area contributed by atoms with Crippen molar-refractivity contribution in [3.8, 4) is 0 Å². The molecular weight excluding hydrogens is 188 g/mol. The van der Waals surface area contributed by atoms with Crippen LogP contribution in [0.25, 0.3) is 0 Å². The lowest BCUT2D eigenvalue weighted by Crippen LogP contribution is -2.33. The minimum atomic E-state index is -0.904. The van der Waals surface area contributed by atoms with Gasteiger partial charge in [0.1, 0.15) is 0 Å². The van der Waals surface area contributed by atoms with Gasteiger partial charge >= 0.3 is 12.1 Å². The highest BCUT2D eigenvalue weighted by Gasteiger charge is 2.27. The summed E-state index contributed by atoms with van der Waals surface area (Å²) in [7, 11) is 1.24. The van der Waals surface area contributed by atoms with E-state index in [-0.39, 0.29) is 12.5 Å². The Morgan fingerprint density at radius 3 is 2.21 bits per heavy atom. The molecule has 0 N–H and O–H groups in total. The Hall–Kier alpha value is -1.26. The molecule has 0 rings (SSSR count). The van der Waals surface area contributed by atoms with Crippen LogP contribution in [0.1, 0.15) is 20.8 Å². The van der Waals surface area contributed by atoms with Gasteiger partial charge in [0, 0.05) is 5.92 Å². The molecule has 5 heteroatoms. The van der Waals surface area contributed by atoms with Crippen molar-refractivity contribution in [2.75, 3.05) is 13.7 Å². The topological polar surface area (TPSA) is 61.8 Å². The quantitative estimate of drug-likeness (QED) is 0.647. The highest BCUT2D eigenvalue weighted by molar-refractivity contribution is 5.77. The Bertz CT molecular complexity index is 199. The summed E-state index contributed by atoms with van der Waals surface area (Å²) in [6, 6.07) is 0. The van der Waals surface area contributed by atoms with Crippen molar-refractivity contribution >= 4 is 12.1 Å². The zero-order chi connectivity index (χ0) is 11.1. The molecule has 0 saturated heterocycles. The summed E-state index contributed by atoms with van der Waals surface area (Å²) in [6.07, 6.45) is -1.75.